The molecule has 20 heavy (non-hydrogen) atoms. The molecule has 1 N–H and O–H groups in total. The predicted molar refractivity (Wildman–Crippen MR) is 74.2 cm³/mol. The van der Waals surface area contributed by atoms with E-state index in [1.807, 2.05) is 0 Å². The molecular weight excluding hydrogens is 260 g/mol. The Morgan fingerprint density at radius 2 is 2.20 bits per heavy atom. The summed E-state index contributed by atoms with van der Waals surface area (Å²) in [4.78, 5) is 21.8. The van der Waals surface area contributed by atoms with Crippen molar-refractivity contribution in [2.45, 2.75) is 6.92 Å². The fourth-order valence-corrected chi connectivity index (χ4v) is 1.62. The van der Waals surface area contributed by atoms with Crippen LogP contribution in [0.4, 0.5) is 11.4 Å². The van der Waals surface area contributed by atoms with Crippen LogP contribution in [0.3, 0.4) is 0 Å². The van der Waals surface area contributed by atoms with E-state index in [0.29, 0.717) is 17.0 Å². The SMILES string of the molecule is Cc1cc([N+](=O)[O-])ccc1NC(=O)/C=C/c1ccco1. The second-order valence-electron chi connectivity index (χ2n) is 4.09. The zero-order valence-corrected chi connectivity index (χ0v) is 10.7. The number of hydrogen-bond acceptors (Lipinski definition) is 4. The number of furan rings is 1. The Hall–Kier alpha value is -2.89. The molecule has 0 saturated carbocycles. The summed E-state index contributed by atoms with van der Waals surface area (Å²) < 4.78 is 5.06. The third kappa shape index (κ3) is 3.32. The molecule has 0 saturated heterocycles. The van der Waals surface area contributed by atoms with Crippen molar-refractivity contribution < 1.29 is 14.1 Å². The van der Waals surface area contributed by atoms with Gasteiger partial charge in [-0.1, -0.05) is 0 Å². The van der Waals surface area contributed by atoms with Gasteiger partial charge in [0.25, 0.3) is 5.69 Å². The van der Waals surface area contributed by atoms with Gasteiger partial charge in [0.15, 0.2) is 0 Å². The Balaban J connectivity index is 2.06. The summed E-state index contributed by atoms with van der Waals surface area (Å²) in [6.45, 7) is 1.69. The van der Waals surface area contributed by atoms with Crippen LogP contribution in [0.5, 0.6) is 0 Å². The molecule has 0 aliphatic rings. The number of carbonyl (C=O) groups excluding carboxylic acids is 1. The van der Waals surface area contributed by atoms with Crippen LogP contribution in [0.1, 0.15) is 11.3 Å². The number of rotatable bonds is 4. The minimum absolute atomic E-state index is 0.00775. The summed E-state index contributed by atoms with van der Waals surface area (Å²) in [6, 6.07) is 7.70. The van der Waals surface area contributed by atoms with Gasteiger partial charge in [0, 0.05) is 23.9 Å². The molecular formula is C14H12N2O4. The molecule has 0 spiro atoms. The molecule has 6 nitrogen and oxygen atoms in total. The number of nitrogens with zero attached hydrogens (tertiary/aromatic N) is 1. The lowest BCUT2D eigenvalue weighted by Gasteiger charge is -2.05. The molecule has 0 fully saturated rings. The molecule has 1 aromatic carbocycles. The van der Waals surface area contributed by atoms with Gasteiger partial charge in [-0.05, 0) is 36.8 Å². The van der Waals surface area contributed by atoms with Crippen molar-refractivity contribution in [2.24, 2.45) is 0 Å². The van der Waals surface area contributed by atoms with Crippen molar-refractivity contribution in [2.75, 3.05) is 5.32 Å². The van der Waals surface area contributed by atoms with E-state index in [2.05, 4.69) is 5.32 Å². The quantitative estimate of drug-likeness (QED) is 0.526. The van der Waals surface area contributed by atoms with E-state index >= 15 is 0 Å². The van der Waals surface area contributed by atoms with Gasteiger partial charge in [-0.3, -0.25) is 14.9 Å². The van der Waals surface area contributed by atoms with Gasteiger partial charge in [0.05, 0.1) is 11.2 Å². The first-order valence-corrected chi connectivity index (χ1v) is 5.84. The van der Waals surface area contributed by atoms with Crippen LogP contribution in [-0.4, -0.2) is 10.8 Å². The molecule has 6 heteroatoms. The molecule has 1 amide bonds. The zero-order chi connectivity index (χ0) is 14.5. The van der Waals surface area contributed by atoms with Crippen LogP contribution in [0.15, 0.2) is 47.1 Å². The maximum Gasteiger partial charge on any atom is 0.269 e. The number of nitrogens with one attached hydrogen (secondary N) is 1. The third-order valence-electron chi connectivity index (χ3n) is 2.62. The summed E-state index contributed by atoms with van der Waals surface area (Å²) >= 11 is 0. The first-order valence-electron chi connectivity index (χ1n) is 5.84. The lowest BCUT2D eigenvalue weighted by Crippen LogP contribution is -2.09. The number of amides is 1. The summed E-state index contributed by atoms with van der Waals surface area (Å²) in [6.07, 6.45) is 4.38. The van der Waals surface area contributed by atoms with Gasteiger partial charge < -0.3 is 9.73 Å². The summed E-state index contributed by atoms with van der Waals surface area (Å²) in [5, 5.41) is 13.3. The number of non-ortho nitro benzene ring substituents is 1. The van der Waals surface area contributed by atoms with E-state index in [1.54, 1.807) is 19.1 Å². The predicted octanol–water partition coefficient (Wildman–Crippen LogP) is 3.15. The number of hydrogen-bond donors (Lipinski definition) is 1. The Kier molecular flexibility index (Phi) is 3.95. The topological polar surface area (TPSA) is 85.4 Å². The molecule has 0 aliphatic carbocycles. The summed E-state index contributed by atoms with van der Waals surface area (Å²) in [7, 11) is 0. The number of nitro benzene ring substituents is 1. The highest BCUT2D eigenvalue weighted by Gasteiger charge is 2.09. The highest BCUT2D eigenvalue weighted by Crippen LogP contribution is 2.21. The van der Waals surface area contributed by atoms with E-state index in [-0.39, 0.29) is 11.6 Å². The molecule has 0 aliphatic heterocycles. The Morgan fingerprint density at radius 3 is 2.80 bits per heavy atom. The van der Waals surface area contributed by atoms with Gasteiger partial charge in [-0.15, -0.1) is 0 Å². The van der Waals surface area contributed by atoms with Crippen molar-refractivity contribution in [1.82, 2.24) is 0 Å². The molecule has 2 aromatic rings. The molecule has 0 atom stereocenters. The Morgan fingerprint density at radius 1 is 1.40 bits per heavy atom. The highest BCUT2D eigenvalue weighted by atomic mass is 16.6. The average molecular weight is 272 g/mol. The van der Waals surface area contributed by atoms with E-state index in [9.17, 15) is 14.9 Å². The second kappa shape index (κ2) is 5.83. The standard InChI is InChI=1S/C14H12N2O4/c1-10-9-11(16(18)19)4-6-13(10)15-14(17)7-5-12-3-2-8-20-12/h2-9H,1H3,(H,15,17)/b7-5+. The smallest absolute Gasteiger partial charge is 0.269 e. The lowest BCUT2D eigenvalue weighted by atomic mass is 10.2. The largest absolute Gasteiger partial charge is 0.465 e. The Labute approximate surface area is 114 Å². The summed E-state index contributed by atoms with van der Waals surface area (Å²) in [5.41, 5.74) is 1.15. The molecule has 0 unspecified atom stereocenters. The first-order chi connectivity index (χ1) is 9.56. The van der Waals surface area contributed by atoms with E-state index in [4.69, 9.17) is 4.42 Å². The zero-order valence-electron chi connectivity index (χ0n) is 10.7. The van der Waals surface area contributed by atoms with Crippen molar-refractivity contribution in [1.29, 1.82) is 0 Å². The molecule has 1 heterocycles. The molecule has 0 radical (unpaired) electrons. The van der Waals surface area contributed by atoms with Crippen molar-refractivity contribution in [3.8, 4) is 0 Å². The number of benzene rings is 1. The van der Waals surface area contributed by atoms with Gasteiger partial charge in [0.2, 0.25) is 5.91 Å². The van der Waals surface area contributed by atoms with E-state index in [1.165, 1.54) is 36.6 Å². The van der Waals surface area contributed by atoms with Crippen LogP contribution in [0.2, 0.25) is 0 Å². The van der Waals surface area contributed by atoms with Crippen molar-refractivity contribution >= 4 is 23.4 Å². The number of nitro groups is 1. The first kappa shape index (κ1) is 13.5. The summed E-state index contributed by atoms with van der Waals surface area (Å²) in [5.74, 6) is 0.235. The highest BCUT2D eigenvalue weighted by molar-refractivity contribution is 6.02. The monoisotopic (exact) mass is 272 g/mol. The third-order valence-corrected chi connectivity index (χ3v) is 2.62. The van der Waals surface area contributed by atoms with Crippen LogP contribution in [-0.2, 0) is 4.79 Å². The van der Waals surface area contributed by atoms with Crippen molar-refractivity contribution in [3.63, 3.8) is 0 Å². The van der Waals surface area contributed by atoms with Crippen LogP contribution < -0.4 is 5.32 Å². The van der Waals surface area contributed by atoms with E-state index in [0.717, 1.165) is 0 Å². The van der Waals surface area contributed by atoms with Gasteiger partial charge in [-0.25, -0.2) is 0 Å². The maximum absolute atomic E-state index is 11.7. The number of carbonyl (C=O) groups is 1. The number of aryl methyl sites for hydroxylation is 1. The second-order valence-corrected chi connectivity index (χ2v) is 4.09. The molecule has 2 rings (SSSR count). The number of anilines is 1. The minimum Gasteiger partial charge on any atom is -0.465 e. The van der Waals surface area contributed by atoms with Gasteiger partial charge in [0.1, 0.15) is 5.76 Å². The van der Waals surface area contributed by atoms with E-state index < -0.39 is 4.92 Å². The molecule has 1 aromatic heterocycles. The average Bonchev–Trinajstić information content (AvgIpc) is 2.91. The van der Waals surface area contributed by atoms with Crippen LogP contribution >= 0.6 is 0 Å². The normalized spacial score (nSPS) is 10.7. The lowest BCUT2D eigenvalue weighted by molar-refractivity contribution is -0.384. The fourth-order valence-electron chi connectivity index (χ4n) is 1.62. The maximum atomic E-state index is 11.7. The van der Waals surface area contributed by atoms with Gasteiger partial charge >= 0.3 is 0 Å². The molecule has 102 valence electrons. The van der Waals surface area contributed by atoms with Crippen molar-refractivity contribution in [3.05, 3.63) is 64.1 Å². The molecule has 0 bridgehead atoms. The van der Waals surface area contributed by atoms with Gasteiger partial charge in [-0.2, -0.15) is 0 Å². The fraction of sp³-hybridized carbons (Fsp3) is 0.0714. The van der Waals surface area contributed by atoms with Crippen LogP contribution in [0.25, 0.3) is 6.08 Å². The van der Waals surface area contributed by atoms with Crippen LogP contribution in [0, 0.1) is 17.0 Å². The minimum atomic E-state index is -0.477. The Bertz CT molecular complexity index is 660.